The zero-order valence-corrected chi connectivity index (χ0v) is 10.6. The van der Waals surface area contributed by atoms with Crippen LogP contribution in [0.2, 0.25) is 0 Å². The number of tetrazole rings is 1. The van der Waals surface area contributed by atoms with Crippen LogP contribution in [-0.2, 0) is 0 Å². The molecule has 0 aliphatic carbocycles. The Balaban J connectivity index is 2.60. The number of rotatable bonds is 2. The molecule has 0 fully saturated rings. The summed E-state index contributed by atoms with van der Waals surface area (Å²) in [6.07, 6.45) is 0. The third kappa shape index (κ3) is 2.00. The van der Waals surface area contributed by atoms with E-state index in [4.69, 9.17) is 5.73 Å². The van der Waals surface area contributed by atoms with Gasteiger partial charge >= 0.3 is 0 Å². The van der Waals surface area contributed by atoms with Gasteiger partial charge in [-0.05, 0) is 55.3 Å². The molecule has 1 aromatic heterocycles. The number of aromatic nitrogens is 4. The van der Waals surface area contributed by atoms with Gasteiger partial charge in [-0.1, -0.05) is 6.07 Å². The molecule has 17 heavy (non-hydrogen) atoms. The largest absolute Gasteiger partial charge is 0.398 e. The van der Waals surface area contributed by atoms with Gasteiger partial charge < -0.3 is 5.73 Å². The molecule has 0 amide bonds. The third-order valence-electron chi connectivity index (χ3n) is 2.84. The predicted molar refractivity (Wildman–Crippen MR) is 67.5 cm³/mol. The molecule has 0 aliphatic rings. The molecule has 0 atom stereocenters. The van der Waals surface area contributed by atoms with Crippen LogP contribution in [0, 0.1) is 13.8 Å². The van der Waals surface area contributed by atoms with E-state index in [1.54, 1.807) is 4.68 Å². The average molecular weight is 231 g/mol. The summed E-state index contributed by atoms with van der Waals surface area (Å²) in [6, 6.07) is 4.22. The highest BCUT2D eigenvalue weighted by atomic mass is 15.5. The van der Waals surface area contributed by atoms with Crippen molar-refractivity contribution in [3.8, 4) is 11.4 Å². The lowest BCUT2D eigenvalue weighted by molar-refractivity contribution is 0.519. The van der Waals surface area contributed by atoms with Crippen LogP contribution in [0.3, 0.4) is 0 Å². The average Bonchev–Trinajstić information content (AvgIpc) is 2.72. The molecule has 2 aromatic rings. The highest BCUT2D eigenvalue weighted by Crippen LogP contribution is 2.27. The van der Waals surface area contributed by atoms with Crippen LogP contribution in [0.5, 0.6) is 0 Å². The minimum absolute atomic E-state index is 0.224. The van der Waals surface area contributed by atoms with Crippen LogP contribution in [0.1, 0.15) is 31.0 Å². The van der Waals surface area contributed by atoms with Gasteiger partial charge in [-0.3, -0.25) is 0 Å². The molecule has 2 rings (SSSR count). The number of nitrogens with zero attached hydrogens (tertiary/aromatic N) is 4. The van der Waals surface area contributed by atoms with E-state index in [1.807, 2.05) is 33.8 Å². The van der Waals surface area contributed by atoms with Crippen LogP contribution in [0.15, 0.2) is 12.1 Å². The molecule has 5 nitrogen and oxygen atoms in total. The maximum atomic E-state index is 5.94. The Labute approximate surface area is 101 Å². The van der Waals surface area contributed by atoms with E-state index < -0.39 is 0 Å². The fraction of sp³-hybridized carbons (Fsp3) is 0.417. The number of anilines is 1. The summed E-state index contributed by atoms with van der Waals surface area (Å²) in [7, 11) is 0. The number of hydrogen-bond acceptors (Lipinski definition) is 4. The minimum atomic E-state index is 0.224. The standard InChI is InChI=1S/C12H17N5/c1-7(2)17-12(14-15-16-17)10-6-11(13)9(4)5-8(10)3/h5-7H,13H2,1-4H3. The molecule has 0 saturated heterocycles. The van der Waals surface area contributed by atoms with Gasteiger partial charge in [0.15, 0.2) is 5.82 Å². The van der Waals surface area contributed by atoms with E-state index in [9.17, 15) is 0 Å². The SMILES string of the molecule is Cc1cc(C)c(-c2nnnn2C(C)C)cc1N. The monoisotopic (exact) mass is 231 g/mol. The maximum absolute atomic E-state index is 5.94. The normalized spacial score (nSPS) is 11.1. The number of hydrogen-bond donors (Lipinski definition) is 1. The second-order valence-electron chi connectivity index (χ2n) is 4.56. The van der Waals surface area contributed by atoms with Gasteiger partial charge in [0.1, 0.15) is 0 Å². The molecule has 0 spiro atoms. The summed E-state index contributed by atoms with van der Waals surface area (Å²) in [5.74, 6) is 0.768. The van der Waals surface area contributed by atoms with Gasteiger partial charge in [0.2, 0.25) is 0 Å². The van der Waals surface area contributed by atoms with Crippen LogP contribution in [0.4, 0.5) is 5.69 Å². The van der Waals surface area contributed by atoms with E-state index in [-0.39, 0.29) is 6.04 Å². The number of benzene rings is 1. The summed E-state index contributed by atoms with van der Waals surface area (Å²) < 4.78 is 1.80. The third-order valence-corrected chi connectivity index (χ3v) is 2.84. The predicted octanol–water partition coefficient (Wildman–Crippen LogP) is 2.12. The number of nitrogens with two attached hydrogens (primary N) is 1. The van der Waals surface area contributed by atoms with Crippen molar-refractivity contribution < 1.29 is 0 Å². The lowest BCUT2D eigenvalue weighted by Crippen LogP contribution is -2.06. The van der Waals surface area contributed by atoms with E-state index in [0.717, 1.165) is 28.2 Å². The Hall–Kier alpha value is -1.91. The van der Waals surface area contributed by atoms with E-state index in [1.165, 1.54) is 0 Å². The van der Waals surface area contributed by atoms with Crippen molar-refractivity contribution >= 4 is 5.69 Å². The maximum Gasteiger partial charge on any atom is 0.182 e. The smallest absolute Gasteiger partial charge is 0.182 e. The van der Waals surface area contributed by atoms with Gasteiger partial charge in [-0.15, -0.1) is 5.10 Å². The lowest BCUT2D eigenvalue weighted by atomic mass is 10.0. The van der Waals surface area contributed by atoms with E-state index in [0.29, 0.717) is 0 Å². The molecular weight excluding hydrogens is 214 g/mol. The zero-order valence-electron chi connectivity index (χ0n) is 10.6. The molecule has 1 heterocycles. The summed E-state index contributed by atoms with van der Waals surface area (Å²) >= 11 is 0. The van der Waals surface area contributed by atoms with Crippen LogP contribution in [-0.4, -0.2) is 20.2 Å². The van der Waals surface area contributed by atoms with Crippen LogP contribution < -0.4 is 5.73 Å². The first-order valence-corrected chi connectivity index (χ1v) is 5.65. The molecule has 0 bridgehead atoms. The van der Waals surface area contributed by atoms with Crippen molar-refractivity contribution in [2.75, 3.05) is 5.73 Å². The first kappa shape index (κ1) is 11.6. The summed E-state index contributed by atoms with van der Waals surface area (Å²) in [4.78, 5) is 0. The molecule has 5 heteroatoms. The summed E-state index contributed by atoms with van der Waals surface area (Å²) in [5, 5.41) is 11.8. The van der Waals surface area contributed by atoms with Crippen molar-refractivity contribution in [3.05, 3.63) is 23.3 Å². The molecule has 1 aromatic carbocycles. The Kier molecular flexibility index (Phi) is 2.83. The Morgan fingerprint density at radius 2 is 1.88 bits per heavy atom. The molecular formula is C12H17N5. The van der Waals surface area contributed by atoms with Crippen molar-refractivity contribution in [2.24, 2.45) is 0 Å². The first-order chi connectivity index (χ1) is 8.00. The lowest BCUT2D eigenvalue weighted by Gasteiger charge is -2.11. The minimum Gasteiger partial charge on any atom is -0.398 e. The molecule has 90 valence electrons. The van der Waals surface area contributed by atoms with E-state index in [2.05, 4.69) is 21.6 Å². The fourth-order valence-electron chi connectivity index (χ4n) is 1.83. The van der Waals surface area contributed by atoms with E-state index >= 15 is 0 Å². The summed E-state index contributed by atoms with van der Waals surface area (Å²) in [5.41, 5.74) is 9.92. The quantitative estimate of drug-likeness (QED) is 0.804. The molecule has 0 saturated carbocycles. The highest BCUT2D eigenvalue weighted by molar-refractivity contribution is 5.67. The number of aryl methyl sites for hydroxylation is 2. The van der Waals surface area contributed by atoms with Crippen molar-refractivity contribution in [1.82, 2.24) is 20.2 Å². The Morgan fingerprint density at radius 3 is 2.53 bits per heavy atom. The van der Waals surface area contributed by atoms with Crippen molar-refractivity contribution in [2.45, 2.75) is 33.7 Å². The highest BCUT2D eigenvalue weighted by Gasteiger charge is 2.14. The Bertz CT molecular complexity index is 542. The van der Waals surface area contributed by atoms with Crippen molar-refractivity contribution in [3.63, 3.8) is 0 Å². The van der Waals surface area contributed by atoms with Gasteiger partial charge in [-0.2, -0.15) is 0 Å². The fourth-order valence-corrected chi connectivity index (χ4v) is 1.83. The van der Waals surface area contributed by atoms with Gasteiger partial charge in [-0.25, -0.2) is 4.68 Å². The first-order valence-electron chi connectivity index (χ1n) is 5.65. The molecule has 2 N–H and O–H groups in total. The second-order valence-corrected chi connectivity index (χ2v) is 4.56. The topological polar surface area (TPSA) is 69.6 Å². The molecule has 0 aliphatic heterocycles. The number of nitrogen functional groups attached to an aromatic ring is 1. The van der Waals surface area contributed by atoms with Gasteiger partial charge in [0.05, 0.1) is 6.04 Å². The van der Waals surface area contributed by atoms with Crippen molar-refractivity contribution in [1.29, 1.82) is 0 Å². The summed E-state index contributed by atoms with van der Waals surface area (Å²) in [6.45, 7) is 8.14. The molecule has 0 unspecified atom stereocenters. The van der Waals surface area contributed by atoms with Crippen LogP contribution >= 0.6 is 0 Å². The zero-order chi connectivity index (χ0) is 12.6. The van der Waals surface area contributed by atoms with Crippen LogP contribution in [0.25, 0.3) is 11.4 Å². The van der Waals surface area contributed by atoms with Gasteiger partial charge in [0.25, 0.3) is 0 Å². The Morgan fingerprint density at radius 1 is 1.18 bits per heavy atom. The second kappa shape index (κ2) is 4.16. The molecule has 0 radical (unpaired) electrons. The van der Waals surface area contributed by atoms with Gasteiger partial charge in [0, 0.05) is 11.3 Å².